The molecule has 0 saturated heterocycles. The van der Waals surface area contributed by atoms with E-state index >= 15 is 0 Å². The Kier molecular flexibility index (Phi) is 3.49. The Bertz CT molecular complexity index is 513. The van der Waals surface area contributed by atoms with Crippen molar-refractivity contribution in [1.82, 2.24) is 0 Å². The topological polar surface area (TPSA) is 35.2 Å². The van der Waals surface area contributed by atoms with Crippen LogP contribution in [0.2, 0.25) is 5.02 Å². The Balaban J connectivity index is 2.07. The average Bonchev–Trinajstić information content (AvgIpc) is 2.33. The molecule has 2 aromatic carbocycles. The summed E-state index contributed by atoms with van der Waals surface area (Å²) in [5.74, 6) is 0.206. The van der Waals surface area contributed by atoms with Crippen LogP contribution in [0.3, 0.4) is 0 Å². The zero-order valence-electron chi connectivity index (χ0n) is 8.99. The largest absolute Gasteiger partial charge is 0.489 e. The first-order chi connectivity index (χ1) is 8.16. The van der Waals surface area contributed by atoms with Gasteiger partial charge >= 0.3 is 0 Å². The molecule has 0 unspecified atom stereocenters. The molecule has 0 aliphatic carbocycles. The van der Waals surface area contributed by atoms with Crippen molar-refractivity contribution in [3.05, 3.63) is 58.9 Å². The maximum Gasteiger partial charge on any atom is 0.152 e. The molecule has 0 amide bonds. The number of hydrogen-bond donors (Lipinski definition) is 1. The lowest BCUT2D eigenvalue weighted by Crippen LogP contribution is -2.01. The summed E-state index contributed by atoms with van der Waals surface area (Å²) < 4.78 is 19.0. The Hall–Kier alpha value is -1.74. The fourth-order valence-corrected chi connectivity index (χ4v) is 1.53. The summed E-state index contributed by atoms with van der Waals surface area (Å²) in [6.07, 6.45) is 0. The summed E-state index contributed by atoms with van der Waals surface area (Å²) in [4.78, 5) is 0. The second-order valence-corrected chi connectivity index (χ2v) is 4.00. The molecular formula is C13H11ClFNO. The van der Waals surface area contributed by atoms with Crippen LogP contribution in [0.1, 0.15) is 5.56 Å². The third-order valence-electron chi connectivity index (χ3n) is 2.32. The highest BCUT2D eigenvalue weighted by molar-refractivity contribution is 6.30. The molecule has 0 atom stereocenters. The first-order valence-corrected chi connectivity index (χ1v) is 5.46. The first kappa shape index (κ1) is 11.7. The highest BCUT2D eigenvalue weighted by Crippen LogP contribution is 2.19. The van der Waals surface area contributed by atoms with Crippen LogP contribution in [-0.2, 0) is 6.61 Å². The minimum Gasteiger partial charge on any atom is -0.489 e. The molecule has 0 aliphatic rings. The fraction of sp³-hybridized carbons (Fsp3) is 0.0769. The van der Waals surface area contributed by atoms with Crippen LogP contribution in [0.15, 0.2) is 42.5 Å². The van der Waals surface area contributed by atoms with Crippen molar-refractivity contribution in [3.8, 4) is 5.75 Å². The predicted octanol–water partition coefficient (Wildman–Crippen LogP) is 3.64. The van der Waals surface area contributed by atoms with Crippen LogP contribution in [0, 0.1) is 5.82 Å². The minimum atomic E-state index is -0.429. The molecule has 2 nitrogen and oxygen atoms in total. The molecule has 0 saturated carbocycles. The minimum absolute atomic E-state index is 0.127. The van der Waals surface area contributed by atoms with Gasteiger partial charge in [-0.2, -0.15) is 0 Å². The molecule has 0 aromatic heterocycles. The summed E-state index contributed by atoms with van der Waals surface area (Å²) in [5, 5.41) is 0.632. The second-order valence-electron chi connectivity index (χ2n) is 3.56. The highest BCUT2D eigenvalue weighted by atomic mass is 35.5. The quantitative estimate of drug-likeness (QED) is 0.846. The maximum atomic E-state index is 13.5. The summed E-state index contributed by atoms with van der Waals surface area (Å²) in [7, 11) is 0. The average molecular weight is 252 g/mol. The van der Waals surface area contributed by atoms with Crippen LogP contribution in [0.5, 0.6) is 5.75 Å². The van der Waals surface area contributed by atoms with E-state index in [1.807, 2.05) is 0 Å². The number of anilines is 1. The summed E-state index contributed by atoms with van der Waals surface area (Å²) in [5.41, 5.74) is 6.02. The molecule has 0 heterocycles. The van der Waals surface area contributed by atoms with Gasteiger partial charge in [-0.1, -0.05) is 23.7 Å². The van der Waals surface area contributed by atoms with Gasteiger partial charge in [-0.3, -0.25) is 0 Å². The van der Waals surface area contributed by atoms with Crippen LogP contribution in [-0.4, -0.2) is 0 Å². The normalized spacial score (nSPS) is 10.2. The zero-order valence-corrected chi connectivity index (χ0v) is 9.75. The molecule has 0 fully saturated rings. The van der Waals surface area contributed by atoms with Gasteiger partial charge in [0, 0.05) is 10.6 Å². The lowest BCUT2D eigenvalue weighted by molar-refractivity contribution is 0.300. The standard InChI is InChI=1S/C13H11ClFNO/c14-10-4-6-11(7-5-10)17-8-9-2-1-3-12(16)13(9)15/h1-7H,8,16H2. The second kappa shape index (κ2) is 5.06. The van der Waals surface area contributed by atoms with E-state index in [4.69, 9.17) is 22.1 Å². The van der Waals surface area contributed by atoms with Gasteiger partial charge in [0.1, 0.15) is 12.4 Å². The van der Waals surface area contributed by atoms with E-state index in [9.17, 15) is 4.39 Å². The number of nitrogen functional groups attached to an aromatic ring is 1. The van der Waals surface area contributed by atoms with Crippen LogP contribution < -0.4 is 10.5 Å². The number of halogens is 2. The molecule has 0 radical (unpaired) electrons. The fourth-order valence-electron chi connectivity index (χ4n) is 1.40. The van der Waals surface area contributed by atoms with Crippen molar-refractivity contribution in [3.63, 3.8) is 0 Å². The number of nitrogens with two attached hydrogens (primary N) is 1. The molecular weight excluding hydrogens is 241 g/mol. The SMILES string of the molecule is Nc1cccc(COc2ccc(Cl)cc2)c1F. The van der Waals surface area contributed by atoms with Gasteiger partial charge < -0.3 is 10.5 Å². The third kappa shape index (κ3) is 2.88. The van der Waals surface area contributed by atoms with E-state index in [2.05, 4.69) is 0 Å². The smallest absolute Gasteiger partial charge is 0.152 e. The van der Waals surface area contributed by atoms with Crippen LogP contribution >= 0.6 is 11.6 Å². The Morgan fingerprint density at radius 1 is 1.12 bits per heavy atom. The van der Waals surface area contributed by atoms with Gasteiger partial charge in [-0.25, -0.2) is 4.39 Å². The Morgan fingerprint density at radius 3 is 2.53 bits per heavy atom. The molecule has 0 aliphatic heterocycles. The van der Waals surface area contributed by atoms with Crippen LogP contribution in [0.25, 0.3) is 0 Å². The molecule has 4 heteroatoms. The van der Waals surface area contributed by atoms with Crippen molar-refractivity contribution in [2.24, 2.45) is 0 Å². The maximum absolute atomic E-state index is 13.5. The van der Waals surface area contributed by atoms with E-state index in [1.165, 1.54) is 6.07 Å². The summed E-state index contributed by atoms with van der Waals surface area (Å²) in [6, 6.07) is 11.7. The predicted molar refractivity (Wildman–Crippen MR) is 66.6 cm³/mol. The van der Waals surface area contributed by atoms with E-state index in [0.29, 0.717) is 16.3 Å². The monoisotopic (exact) mass is 251 g/mol. The molecule has 0 bridgehead atoms. The number of rotatable bonds is 3. The number of hydrogen-bond acceptors (Lipinski definition) is 2. The van der Waals surface area contributed by atoms with Gasteiger partial charge in [-0.05, 0) is 30.3 Å². The van der Waals surface area contributed by atoms with Gasteiger partial charge in [0.2, 0.25) is 0 Å². The van der Waals surface area contributed by atoms with Crippen molar-refractivity contribution in [2.45, 2.75) is 6.61 Å². The summed E-state index contributed by atoms with van der Waals surface area (Å²) in [6.45, 7) is 0.137. The van der Waals surface area contributed by atoms with E-state index in [0.717, 1.165) is 0 Å². The molecule has 88 valence electrons. The van der Waals surface area contributed by atoms with Crippen molar-refractivity contribution < 1.29 is 9.13 Å². The third-order valence-corrected chi connectivity index (χ3v) is 2.57. The lowest BCUT2D eigenvalue weighted by atomic mass is 10.2. The van der Waals surface area contributed by atoms with Gasteiger partial charge in [0.15, 0.2) is 5.82 Å². The molecule has 17 heavy (non-hydrogen) atoms. The van der Waals surface area contributed by atoms with Crippen molar-refractivity contribution >= 4 is 17.3 Å². The summed E-state index contributed by atoms with van der Waals surface area (Å²) >= 11 is 5.74. The number of benzene rings is 2. The first-order valence-electron chi connectivity index (χ1n) is 5.08. The highest BCUT2D eigenvalue weighted by Gasteiger charge is 2.05. The lowest BCUT2D eigenvalue weighted by Gasteiger charge is -2.08. The van der Waals surface area contributed by atoms with Gasteiger partial charge in [-0.15, -0.1) is 0 Å². The van der Waals surface area contributed by atoms with Crippen molar-refractivity contribution in [1.29, 1.82) is 0 Å². The molecule has 0 spiro atoms. The Labute approximate surface area is 104 Å². The molecule has 2 N–H and O–H groups in total. The van der Waals surface area contributed by atoms with Gasteiger partial charge in [0.25, 0.3) is 0 Å². The molecule has 2 aromatic rings. The van der Waals surface area contributed by atoms with Crippen LogP contribution in [0.4, 0.5) is 10.1 Å². The van der Waals surface area contributed by atoms with E-state index in [-0.39, 0.29) is 12.3 Å². The molecule has 2 rings (SSSR count). The number of ether oxygens (including phenoxy) is 1. The Morgan fingerprint density at radius 2 is 1.82 bits per heavy atom. The zero-order chi connectivity index (χ0) is 12.3. The van der Waals surface area contributed by atoms with E-state index in [1.54, 1.807) is 36.4 Å². The van der Waals surface area contributed by atoms with E-state index < -0.39 is 5.82 Å². The van der Waals surface area contributed by atoms with Crippen molar-refractivity contribution in [2.75, 3.05) is 5.73 Å². The van der Waals surface area contributed by atoms with Gasteiger partial charge in [0.05, 0.1) is 5.69 Å².